The van der Waals surface area contributed by atoms with Gasteiger partial charge in [0.2, 0.25) is 11.8 Å². The molecule has 114 valence electrons. The highest BCUT2D eigenvalue weighted by Crippen LogP contribution is 2.05. The fourth-order valence-corrected chi connectivity index (χ4v) is 1.52. The van der Waals surface area contributed by atoms with Gasteiger partial charge in [-0.1, -0.05) is 6.92 Å². The SMILES string of the molecule is CCN(CC(C)C(=O)O)C(=O)N(CC(N)=O)CC(N)=O. The maximum atomic E-state index is 12.1. The Morgan fingerprint density at radius 1 is 1.05 bits per heavy atom. The average molecular weight is 288 g/mol. The van der Waals surface area contributed by atoms with Gasteiger partial charge in [-0.15, -0.1) is 0 Å². The van der Waals surface area contributed by atoms with Gasteiger partial charge < -0.3 is 26.4 Å². The molecule has 0 aromatic heterocycles. The smallest absolute Gasteiger partial charge is 0.320 e. The van der Waals surface area contributed by atoms with Crippen molar-refractivity contribution in [1.82, 2.24) is 9.80 Å². The monoisotopic (exact) mass is 288 g/mol. The Balaban J connectivity index is 4.93. The second kappa shape index (κ2) is 7.97. The summed E-state index contributed by atoms with van der Waals surface area (Å²) in [6.45, 7) is 2.37. The van der Waals surface area contributed by atoms with Crippen LogP contribution in [0.2, 0.25) is 0 Å². The Morgan fingerprint density at radius 2 is 1.50 bits per heavy atom. The summed E-state index contributed by atoms with van der Waals surface area (Å²) >= 11 is 0. The fraction of sp³-hybridized carbons (Fsp3) is 0.636. The van der Waals surface area contributed by atoms with Gasteiger partial charge in [0.1, 0.15) is 13.1 Å². The lowest BCUT2D eigenvalue weighted by atomic mass is 10.2. The maximum Gasteiger partial charge on any atom is 0.320 e. The number of nitrogens with zero attached hydrogens (tertiary/aromatic N) is 2. The van der Waals surface area contributed by atoms with Crippen LogP contribution in [0.1, 0.15) is 13.8 Å². The molecule has 0 aliphatic heterocycles. The third-order valence-electron chi connectivity index (χ3n) is 2.53. The number of nitrogens with two attached hydrogens (primary N) is 2. The molecular formula is C11H20N4O5. The van der Waals surface area contributed by atoms with Gasteiger partial charge in [-0.05, 0) is 6.92 Å². The van der Waals surface area contributed by atoms with Gasteiger partial charge in [0.05, 0.1) is 5.92 Å². The van der Waals surface area contributed by atoms with E-state index in [4.69, 9.17) is 16.6 Å². The van der Waals surface area contributed by atoms with Gasteiger partial charge in [0.25, 0.3) is 0 Å². The molecule has 0 aliphatic rings. The second-order valence-corrected chi connectivity index (χ2v) is 4.35. The number of urea groups is 1. The van der Waals surface area contributed by atoms with Crippen molar-refractivity contribution in [2.24, 2.45) is 17.4 Å². The summed E-state index contributed by atoms with van der Waals surface area (Å²) in [6, 6.07) is -0.654. The van der Waals surface area contributed by atoms with E-state index in [1.807, 2.05) is 0 Å². The largest absolute Gasteiger partial charge is 0.481 e. The van der Waals surface area contributed by atoms with Gasteiger partial charge >= 0.3 is 12.0 Å². The highest BCUT2D eigenvalue weighted by molar-refractivity contribution is 5.87. The predicted molar refractivity (Wildman–Crippen MR) is 69.4 cm³/mol. The molecule has 0 aromatic rings. The Bertz CT molecular complexity index is 382. The lowest BCUT2D eigenvalue weighted by Crippen LogP contribution is -2.50. The van der Waals surface area contributed by atoms with Gasteiger partial charge in [0, 0.05) is 13.1 Å². The molecule has 9 nitrogen and oxygen atoms in total. The molecule has 4 amide bonds. The first-order chi connectivity index (χ1) is 9.18. The van der Waals surface area contributed by atoms with Crippen molar-refractivity contribution in [2.75, 3.05) is 26.2 Å². The number of carboxylic acid groups (broad SMARTS) is 1. The molecule has 0 rings (SSSR count). The van der Waals surface area contributed by atoms with Crippen LogP contribution in [0, 0.1) is 5.92 Å². The van der Waals surface area contributed by atoms with Gasteiger partial charge in [-0.2, -0.15) is 0 Å². The van der Waals surface area contributed by atoms with Gasteiger partial charge in [-0.25, -0.2) is 4.79 Å². The minimum Gasteiger partial charge on any atom is -0.481 e. The molecule has 0 heterocycles. The zero-order chi connectivity index (χ0) is 15.9. The molecule has 0 radical (unpaired) electrons. The fourth-order valence-electron chi connectivity index (χ4n) is 1.52. The zero-order valence-electron chi connectivity index (χ0n) is 11.5. The summed E-state index contributed by atoms with van der Waals surface area (Å²) in [6.07, 6.45) is 0. The van der Waals surface area contributed by atoms with Crippen LogP contribution in [0.3, 0.4) is 0 Å². The Kier molecular flexibility index (Phi) is 7.05. The molecule has 0 fully saturated rings. The van der Waals surface area contributed by atoms with Crippen molar-refractivity contribution >= 4 is 23.8 Å². The quantitative estimate of drug-likeness (QED) is 0.493. The highest BCUT2D eigenvalue weighted by atomic mass is 16.4. The molecule has 0 saturated carbocycles. The van der Waals surface area contributed by atoms with Gasteiger partial charge in [-0.3, -0.25) is 14.4 Å². The number of aliphatic carboxylic acids is 1. The van der Waals surface area contributed by atoms with E-state index in [1.165, 1.54) is 11.8 Å². The van der Waals surface area contributed by atoms with E-state index in [0.29, 0.717) is 0 Å². The topological polar surface area (TPSA) is 147 Å². The summed E-state index contributed by atoms with van der Waals surface area (Å²) in [5, 5.41) is 8.84. The average Bonchev–Trinajstić information content (AvgIpc) is 2.32. The van der Waals surface area contributed by atoms with E-state index in [-0.39, 0.29) is 13.1 Å². The highest BCUT2D eigenvalue weighted by Gasteiger charge is 2.25. The lowest BCUT2D eigenvalue weighted by molar-refractivity contribution is -0.141. The molecular weight excluding hydrogens is 268 g/mol. The summed E-state index contributed by atoms with van der Waals surface area (Å²) in [7, 11) is 0. The van der Waals surface area contributed by atoms with Crippen molar-refractivity contribution in [3.63, 3.8) is 0 Å². The van der Waals surface area contributed by atoms with Crippen molar-refractivity contribution in [2.45, 2.75) is 13.8 Å². The Morgan fingerprint density at radius 3 is 1.80 bits per heavy atom. The van der Waals surface area contributed by atoms with Crippen LogP contribution in [0.5, 0.6) is 0 Å². The second-order valence-electron chi connectivity index (χ2n) is 4.35. The van der Waals surface area contributed by atoms with Crippen LogP contribution < -0.4 is 11.5 Å². The van der Waals surface area contributed by atoms with Crippen molar-refractivity contribution < 1.29 is 24.3 Å². The van der Waals surface area contributed by atoms with E-state index < -0.39 is 42.8 Å². The first-order valence-corrected chi connectivity index (χ1v) is 6.02. The molecule has 1 unspecified atom stereocenters. The number of carbonyl (C=O) groups is 4. The third-order valence-corrected chi connectivity index (χ3v) is 2.53. The zero-order valence-corrected chi connectivity index (χ0v) is 11.5. The standard InChI is InChI=1S/C11H20N4O5/c1-3-14(4-7(2)10(18)19)11(20)15(5-8(12)16)6-9(13)17/h7H,3-6H2,1-2H3,(H2,12,16)(H2,13,17)(H,18,19). The predicted octanol–water partition coefficient (Wildman–Crippen LogP) is -1.58. The van der Waals surface area contributed by atoms with E-state index in [2.05, 4.69) is 0 Å². The molecule has 0 saturated heterocycles. The van der Waals surface area contributed by atoms with Gasteiger partial charge in [0.15, 0.2) is 0 Å². The molecule has 0 aliphatic carbocycles. The molecule has 0 bridgehead atoms. The summed E-state index contributed by atoms with van der Waals surface area (Å²) in [5.74, 6) is -3.40. The number of primary amides is 2. The number of rotatable bonds is 8. The molecule has 9 heteroatoms. The van der Waals surface area contributed by atoms with Crippen LogP contribution in [-0.2, 0) is 14.4 Å². The first-order valence-electron chi connectivity index (χ1n) is 6.02. The first kappa shape index (κ1) is 17.7. The molecule has 5 N–H and O–H groups in total. The summed E-state index contributed by atoms with van der Waals surface area (Å²) in [5.41, 5.74) is 10.0. The van der Waals surface area contributed by atoms with Crippen LogP contribution in [-0.4, -0.2) is 64.9 Å². The lowest BCUT2D eigenvalue weighted by Gasteiger charge is -2.29. The van der Waals surface area contributed by atoms with Crippen molar-refractivity contribution in [1.29, 1.82) is 0 Å². The maximum absolute atomic E-state index is 12.1. The Labute approximate surface area is 116 Å². The normalized spacial score (nSPS) is 11.5. The van der Waals surface area contributed by atoms with Crippen LogP contribution in [0.25, 0.3) is 0 Å². The minimum absolute atomic E-state index is 0.0430. The molecule has 0 spiro atoms. The van der Waals surface area contributed by atoms with Crippen LogP contribution in [0.4, 0.5) is 4.79 Å². The van der Waals surface area contributed by atoms with Crippen LogP contribution >= 0.6 is 0 Å². The van der Waals surface area contributed by atoms with E-state index in [9.17, 15) is 19.2 Å². The van der Waals surface area contributed by atoms with E-state index in [0.717, 1.165) is 4.90 Å². The van der Waals surface area contributed by atoms with Crippen LogP contribution in [0.15, 0.2) is 0 Å². The number of hydrogen-bond donors (Lipinski definition) is 3. The number of carboxylic acids is 1. The van der Waals surface area contributed by atoms with Crippen molar-refractivity contribution in [3.05, 3.63) is 0 Å². The summed E-state index contributed by atoms with van der Waals surface area (Å²) in [4.78, 5) is 46.9. The molecule has 0 aromatic carbocycles. The molecule has 1 atom stereocenters. The Hall–Kier alpha value is -2.32. The minimum atomic E-state index is -1.05. The summed E-state index contributed by atoms with van der Waals surface area (Å²) < 4.78 is 0. The third kappa shape index (κ3) is 6.03. The molecule has 20 heavy (non-hydrogen) atoms. The van der Waals surface area contributed by atoms with E-state index in [1.54, 1.807) is 6.92 Å². The number of amides is 4. The van der Waals surface area contributed by atoms with E-state index >= 15 is 0 Å². The van der Waals surface area contributed by atoms with Crippen molar-refractivity contribution in [3.8, 4) is 0 Å². The number of carbonyl (C=O) groups excluding carboxylic acids is 3. The number of hydrogen-bond acceptors (Lipinski definition) is 4.